The number of amides is 1. The molecule has 0 spiro atoms. The number of hydrogen-bond donors (Lipinski definition) is 1. The van der Waals surface area contributed by atoms with Crippen molar-refractivity contribution in [3.8, 4) is 0 Å². The van der Waals surface area contributed by atoms with Crippen molar-refractivity contribution in [1.29, 1.82) is 0 Å². The maximum atomic E-state index is 11.8. The zero-order valence-electron chi connectivity index (χ0n) is 12.3. The highest BCUT2D eigenvalue weighted by Gasteiger charge is 2.06. The topological polar surface area (TPSA) is 64.7 Å². The molecule has 7 heteroatoms. The van der Waals surface area contributed by atoms with Crippen molar-refractivity contribution in [2.24, 2.45) is 0 Å². The Bertz CT molecular complexity index is 604. The fraction of sp³-hybridized carbons (Fsp3) is 0.500. The van der Waals surface area contributed by atoms with Gasteiger partial charge in [0.15, 0.2) is 0 Å². The van der Waals surface area contributed by atoms with Gasteiger partial charge in [-0.15, -0.1) is 0 Å². The van der Waals surface area contributed by atoms with Crippen LogP contribution in [0.2, 0.25) is 0 Å². The van der Waals surface area contributed by atoms with Crippen LogP contribution in [-0.2, 0) is 17.9 Å². The number of aryl methyl sites for hydroxylation is 3. The molecular formula is C14H20BrN5O. The molecule has 2 rings (SSSR count). The first-order valence-electron chi connectivity index (χ1n) is 7.01. The molecule has 1 N–H and O–H groups in total. The second-order valence-electron chi connectivity index (χ2n) is 4.95. The minimum Gasteiger partial charge on any atom is -0.356 e. The van der Waals surface area contributed by atoms with Crippen molar-refractivity contribution in [1.82, 2.24) is 24.9 Å². The van der Waals surface area contributed by atoms with Crippen molar-refractivity contribution < 1.29 is 4.79 Å². The van der Waals surface area contributed by atoms with E-state index in [9.17, 15) is 4.79 Å². The van der Waals surface area contributed by atoms with Gasteiger partial charge < -0.3 is 5.32 Å². The Balaban J connectivity index is 1.64. The number of nitrogens with one attached hydrogen (secondary N) is 1. The number of nitrogens with zero attached hydrogens (tertiary/aromatic N) is 4. The van der Waals surface area contributed by atoms with Gasteiger partial charge in [0.1, 0.15) is 0 Å². The number of carbonyl (C=O) groups is 1. The molecule has 0 radical (unpaired) electrons. The van der Waals surface area contributed by atoms with Gasteiger partial charge in [-0.1, -0.05) is 0 Å². The summed E-state index contributed by atoms with van der Waals surface area (Å²) in [5.41, 5.74) is 2.18. The molecule has 2 aromatic heterocycles. The van der Waals surface area contributed by atoms with Gasteiger partial charge in [0.2, 0.25) is 5.91 Å². The molecule has 0 aliphatic heterocycles. The number of rotatable bonds is 7. The third-order valence-corrected chi connectivity index (χ3v) is 4.17. The molecule has 0 atom stereocenters. The third kappa shape index (κ3) is 4.42. The number of hydrogen-bond acceptors (Lipinski definition) is 3. The van der Waals surface area contributed by atoms with Gasteiger partial charge in [-0.3, -0.25) is 14.2 Å². The van der Waals surface area contributed by atoms with E-state index < -0.39 is 0 Å². The Morgan fingerprint density at radius 2 is 2.10 bits per heavy atom. The number of halogens is 1. The van der Waals surface area contributed by atoms with E-state index in [4.69, 9.17) is 0 Å². The smallest absolute Gasteiger partial charge is 0.221 e. The van der Waals surface area contributed by atoms with Crippen LogP contribution in [0.1, 0.15) is 24.2 Å². The molecule has 0 bridgehead atoms. The van der Waals surface area contributed by atoms with Gasteiger partial charge in [0.25, 0.3) is 0 Å². The Kier molecular flexibility index (Phi) is 5.55. The quantitative estimate of drug-likeness (QED) is 0.774. The van der Waals surface area contributed by atoms with Crippen LogP contribution in [0.3, 0.4) is 0 Å². The largest absolute Gasteiger partial charge is 0.356 e. The highest BCUT2D eigenvalue weighted by molar-refractivity contribution is 9.10. The summed E-state index contributed by atoms with van der Waals surface area (Å²) in [4.78, 5) is 11.8. The summed E-state index contributed by atoms with van der Waals surface area (Å²) in [7, 11) is 0. The minimum atomic E-state index is 0.0539. The summed E-state index contributed by atoms with van der Waals surface area (Å²) in [5, 5.41) is 11.3. The van der Waals surface area contributed by atoms with Crippen LogP contribution in [-0.4, -0.2) is 32.0 Å². The van der Waals surface area contributed by atoms with Crippen LogP contribution in [0.5, 0.6) is 0 Å². The molecule has 0 aliphatic rings. The predicted octanol–water partition coefficient (Wildman–Crippen LogP) is 2.06. The van der Waals surface area contributed by atoms with E-state index >= 15 is 0 Å². The summed E-state index contributed by atoms with van der Waals surface area (Å²) in [6, 6.07) is 1.98. The first kappa shape index (κ1) is 15.8. The monoisotopic (exact) mass is 353 g/mol. The fourth-order valence-electron chi connectivity index (χ4n) is 2.03. The molecule has 0 saturated heterocycles. The van der Waals surface area contributed by atoms with E-state index in [-0.39, 0.29) is 5.91 Å². The van der Waals surface area contributed by atoms with Crippen LogP contribution < -0.4 is 5.32 Å². The normalized spacial score (nSPS) is 10.8. The van der Waals surface area contributed by atoms with Crippen LogP contribution in [0.4, 0.5) is 0 Å². The third-order valence-electron chi connectivity index (χ3n) is 3.39. The van der Waals surface area contributed by atoms with Gasteiger partial charge in [0, 0.05) is 43.6 Å². The molecular weight excluding hydrogens is 334 g/mol. The SMILES string of the molecule is Cc1ccnn1CCCNC(=O)CCn1ncc(Br)c1C. The Labute approximate surface area is 132 Å². The number of aromatic nitrogens is 4. The van der Waals surface area contributed by atoms with E-state index in [1.807, 2.05) is 29.3 Å². The van der Waals surface area contributed by atoms with E-state index in [1.165, 1.54) is 0 Å². The van der Waals surface area contributed by atoms with Gasteiger partial charge in [0.05, 0.1) is 10.7 Å². The van der Waals surface area contributed by atoms with Crippen molar-refractivity contribution in [2.75, 3.05) is 6.54 Å². The first-order valence-corrected chi connectivity index (χ1v) is 7.80. The van der Waals surface area contributed by atoms with Crippen molar-refractivity contribution in [3.63, 3.8) is 0 Å². The highest BCUT2D eigenvalue weighted by atomic mass is 79.9. The highest BCUT2D eigenvalue weighted by Crippen LogP contribution is 2.14. The summed E-state index contributed by atoms with van der Waals surface area (Å²) < 4.78 is 4.74. The van der Waals surface area contributed by atoms with E-state index in [0.717, 1.165) is 28.8 Å². The van der Waals surface area contributed by atoms with Crippen molar-refractivity contribution >= 4 is 21.8 Å². The lowest BCUT2D eigenvalue weighted by Crippen LogP contribution is -2.26. The fourth-order valence-corrected chi connectivity index (χ4v) is 2.33. The van der Waals surface area contributed by atoms with Gasteiger partial charge in [-0.2, -0.15) is 10.2 Å². The molecule has 2 aromatic rings. The molecule has 0 fully saturated rings. The van der Waals surface area contributed by atoms with Gasteiger partial charge in [-0.05, 0) is 42.3 Å². The summed E-state index contributed by atoms with van der Waals surface area (Å²) in [6.45, 7) is 6.09. The van der Waals surface area contributed by atoms with Gasteiger partial charge in [-0.25, -0.2) is 0 Å². The molecule has 6 nitrogen and oxygen atoms in total. The molecule has 21 heavy (non-hydrogen) atoms. The average molecular weight is 354 g/mol. The summed E-state index contributed by atoms with van der Waals surface area (Å²) >= 11 is 3.41. The van der Waals surface area contributed by atoms with Crippen molar-refractivity contribution in [3.05, 3.63) is 34.3 Å². The number of carbonyl (C=O) groups excluding carboxylic acids is 1. The summed E-state index contributed by atoms with van der Waals surface area (Å²) in [5.74, 6) is 0.0539. The van der Waals surface area contributed by atoms with Crippen molar-refractivity contribution in [2.45, 2.75) is 39.8 Å². The maximum absolute atomic E-state index is 11.8. The van der Waals surface area contributed by atoms with E-state index in [2.05, 4.69) is 31.4 Å². The lowest BCUT2D eigenvalue weighted by atomic mass is 10.3. The van der Waals surface area contributed by atoms with E-state index in [0.29, 0.717) is 19.5 Å². The Hall–Kier alpha value is -1.63. The Morgan fingerprint density at radius 1 is 1.29 bits per heavy atom. The molecule has 0 saturated carbocycles. The maximum Gasteiger partial charge on any atom is 0.221 e. The summed E-state index contributed by atoms with van der Waals surface area (Å²) in [6.07, 6.45) is 4.86. The molecule has 1 amide bonds. The standard InChI is InChI=1S/C14H20BrN5O/c1-11-4-7-17-19(11)8-3-6-16-14(21)5-9-20-12(2)13(15)10-18-20/h4,7,10H,3,5-6,8-9H2,1-2H3,(H,16,21). The van der Waals surface area contributed by atoms with Crippen LogP contribution in [0.15, 0.2) is 22.9 Å². The van der Waals surface area contributed by atoms with Crippen LogP contribution in [0, 0.1) is 13.8 Å². The lowest BCUT2D eigenvalue weighted by molar-refractivity contribution is -0.121. The molecule has 114 valence electrons. The second kappa shape index (κ2) is 7.40. The average Bonchev–Trinajstić information content (AvgIpc) is 3.01. The minimum absolute atomic E-state index is 0.0539. The molecule has 0 aliphatic carbocycles. The predicted molar refractivity (Wildman–Crippen MR) is 83.9 cm³/mol. The zero-order chi connectivity index (χ0) is 15.2. The van der Waals surface area contributed by atoms with Crippen LogP contribution in [0.25, 0.3) is 0 Å². The molecule has 2 heterocycles. The lowest BCUT2D eigenvalue weighted by Gasteiger charge is -2.07. The second-order valence-corrected chi connectivity index (χ2v) is 5.80. The Morgan fingerprint density at radius 3 is 2.71 bits per heavy atom. The molecule has 0 aromatic carbocycles. The molecule has 0 unspecified atom stereocenters. The first-order chi connectivity index (χ1) is 10.1. The zero-order valence-corrected chi connectivity index (χ0v) is 13.9. The van der Waals surface area contributed by atoms with E-state index in [1.54, 1.807) is 12.4 Å². The van der Waals surface area contributed by atoms with Crippen LogP contribution >= 0.6 is 15.9 Å². The van der Waals surface area contributed by atoms with Gasteiger partial charge >= 0.3 is 0 Å².